The van der Waals surface area contributed by atoms with Gasteiger partial charge >= 0.3 is 5.97 Å². The minimum absolute atomic E-state index is 0.106. The van der Waals surface area contributed by atoms with Crippen molar-refractivity contribution in [3.05, 3.63) is 42.5 Å². The van der Waals surface area contributed by atoms with Gasteiger partial charge in [-0.3, -0.25) is 9.59 Å². The van der Waals surface area contributed by atoms with Gasteiger partial charge in [0.05, 0.1) is 11.3 Å². The number of carbonyl (C=O) groups is 2. The molecular formula is C22H28N2O5S. The lowest BCUT2D eigenvalue weighted by Gasteiger charge is -2.24. The molecular weight excluding hydrogens is 404 g/mol. The second kappa shape index (κ2) is 10.0. The van der Waals surface area contributed by atoms with Crippen LogP contribution in [0.2, 0.25) is 0 Å². The molecule has 30 heavy (non-hydrogen) atoms. The molecule has 2 aromatic carbocycles. The van der Waals surface area contributed by atoms with Crippen molar-refractivity contribution in [2.45, 2.75) is 62.5 Å². The summed E-state index contributed by atoms with van der Waals surface area (Å²) in [6, 6.07) is 12.5. The van der Waals surface area contributed by atoms with Gasteiger partial charge in [0.25, 0.3) is 5.91 Å². The van der Waals surface area contributed by atoms with E-state index >= 15 is 0 Å². The van der Waals surface area contributed by atoms with E-state index in [1.54, 1.807) is 12.1 Å². The molecule has 8 heteroatoms. The molecule has 0 spiro atoms. The number of carbonyl (C=O) groups excluding carboxylic acids is 2. The zero-order valence-corrected chi connectivity index (χ0v) is 17.9. The summed E-state index contributed by atoms with van der Waals surface area (Å²) >= 11 is 0. The Hall–Kier alpha value is -2.45. The molecule has 3 rings (SSSR count). The quantitative estimate of drug-likeness (QED) is 0.625. The lowest BCUT2D eigenvalue weighted by Crippen LogP contribution is -2.43. The predicted octanol–water partition coefficient (Wildman–Crippen LogP) is 2.89. The second-order valence-electron chi connectivity index (χ2n) is 7.63. The van der Waals surface area contributed by atoms with E-state index in [-0.39, 0.29) is 29.8 Å². The van der Waals surface area contributed by atoms with E-state index in [1.807, 2.05) is 24.3 Å². The van der Waals surface area contributed by atoms with Crippen molar-refractivity contribution >= 4 is 32.7 Å². The van der Waals surface area contributed by atoms with Crippen molar-refractivity contribution in [3.8, 4) is 0 Å². The number of benzene rings is 2. The van der Waals surface area contributed by atoms with E-state index in [1.165, 1.54) is 19.4 Å². The van der Waals surface area contributed by atoms with Gasteiger partial charge in [-0.15, -0.1) is 0 Å². The molecule has 1 unspecified atom stereocenters. The van der Waals surface area contributed by atoms with Crippen LogP contribution in [0.1, 0.15) is 45.4 Å². The van der Waals surface area contributed by atoms with Crippen LogP contribution in [0.5, 0.6) is 0 Å². The fourth-order valence-electron chi connectivity index (χ4n) is 3.58. The third-order valence-corrected chi connectivity index (χ3v) is 6.74. The average Bonchev–Trinajstić information content (AvgIpc) is 2.74. The van der Waals surface area contributed by atoms with Crippen LogP contribution >= 0.6 is 0 Å². The number of ether oxygens (including phenoxy) is 1. The molecule has 1 aliphatic carbocycles. The summed E-state index contributed by atoms with van der Waals surface area (Å²) in [6.07, 6.45) is 4.20. The van der Waals surface area contributed by atoms with Crippen molar-refractivity contribution in [2.75, 3.05) is 6.54 Å². The molecule has 0 bridgehead atoms. The van der Waals surface area contributed by atoms with E-state index in [0.717, 1.165) is 36.5 Å². The number of nitrogens with one attached hydrogen (secondary N) is 2. The Bertz CT molecular complexity index is 1000. The van der Waals surface area contributed by atoms with Gasteiger partial charge in [-0.05, 0) is 42.7 Å². The van der Waals surface area contributed by atoms with Gasteiger partial charge in [0.1, 0.15) is 0 Å². The lowest BCUT2D eigenvalue weighted by molar-refractivity contribution is -0.155. The first-order valence-corrected chi connectivity index (χ1v) is 11.8. The maximum Gasteiger partial charge on any atom is 0.307 e. The van der Waals surface area contributed by atoms with Crippen LogP contribution in [0.3, 0.4) is 0 Å². The predicted molar refractivity (Wildman–Crippen MR) is 114 cm³/mol. The molecule has 2 aromatic rings. The minimum atomic E-state index is -3.75. The topological polar surface area (TPSA) is 102 Å². The Morgan fingerprint density at radius 1 is 1.07 bits per heavy atom. The van der Waals surface area contributed by atoms with Gasteiger partial charge in [0, 0.05) is 12.6 Å². The van der Waals surface area contributed by atoms with Crippen molar-refractivity contribution < 1.29 is 22.7 Å². The van der Waals surface area contributed by atoms with Gasteiger partial charge in [-0.1, -0.05) is 49.6 Å². The number of esters is 1. The van der Waals surface area contributed by atoms with Gasteiger partial charge in [0.2, 0.25) is 10.0 Å². The van der Waals surface area contributed by atoms with Gasteiger partial charge in [0.15, 0.2) is 6.10 Å². The Balaban J connectivity index is 1.46. The van der Waals surface area contributed by atoms with Crippen molar-refractivity contribution in [2.24, 2.45) is 0 Å². The van der Waals surface area contributed by atoms with E-state index in [4.69, 9.17) is 4.74 Å². The highest BCUT2D eigenvalue weighted by Gasteiger charge is 2.22. The fraction of sp³-hybridized carbons (Fsp3) is 0.455. The monoisotopic (exact) mass is 432 g/mol. The molecule has 1 saturated carbocycles. The van der Waals surface area contributed by atoms with Crippen LogP contribution in [-0.4, -0.2) is 39.0 Å². The molecule has 0 aromatic heterocycles. The molecule has 162 valence electrons. The zero-order chi connectivity index (χ0) is 21.6. The molecule has 1 amide bonds. The smallest absolute Gasteiger partial charge is 0.307 e. The molecule has 1 fully saturated rings. The third-order valence-electron chi connectivity index (χ3n) is 5.28. The molecule has 0 aliphatic heterocycles. The highest BCUT2D eigenvalue weighted by atomic mass is 32.2. The largest absolute Gasteiger partial charge is 0.453 e. The van der Waals surface area contributed by atoms with Crippen LogP contribution in [0.25, 0.3) is 10.8 Å². The van der Waals surface area contributed by atoms with E-state index in [2.05, 4.69) is 10.0 Å². The Labute approximate surface area is 177 Å². The van der Waals surface area contributed by atoms with E-state index in [0.29, 0.717) is 0 Å². The Morgan fingerprint density at radius 3 is 2.50 bits per heavy atom. The zero-order valence-electron chi connectivity index (χ0n) is 17.1. The summed E-state index contributed by atoms with van der Waals surface area (Å²) < 4.78 is 32.5. The van der Waals surface area contributed by atoms with Crippen molar-refractivity contribution in [1.29, 1.82) is 0 Å². The Morgan fingerprint density at radius 2 is 1.77 bits per heavy atom. The summed E-state index contributed by atoms with van der Waals surface area (Å²) in [4.78, 5) is 24.3. The van der Waals surface area contributed by atoms with Crippen molar-refractivity contribution in [3.63, 3.8) is 0 Å². The van der Waals surface area contributed by atoms with Crippen molar-refractivity contribution in [1.82, 2.24) is 10.0 Å². The summed E-state index contributed by atoms with van der Waals surface area (Å²) in [5.74, 6) is -0.936. The molecule has 1 aliphatic rings. The first-order valence-electron chi connectivity index (χ1n) is 10.3. The highest BCUT2D eigenvalue weighted by molar-refractivity contribution is 7.89. The summed E-state index contributed by atoms with van der Waals surface area (Å²) in [5.41, 5.74) is 0. The second-order valence-corrected chi connectivity index (χ2v) is 9.40. The van der Waals surface area contributed by atoms with E-state index < -0.39 is 22.1 Å². The number of hydrogen-bond donors (Lipinski definition) is 2. The fourth-order valence-corrected chi connectivity index (χ4v) is 4.65. The SMILES string of the molecule is CC(OC(=O)CCNS(=O)(=O)c1ccc2ccccc2c1)C(=O)NC1CCCCC1. The molecule has 0 saturated heterocycles. The number of rotatable bonds is 8. The third kappa shape index (κ3) is 6.03. The normalized spacial score (nSPS) is 16.2. The van der Waals surface area contributed by atoms with E-state index in [9.17, 15) is 18.0 Å². The van der Waals surface area contributed by atoms with Gasteiger partial charge in [-0.2, -0.15) is 0 Å². The minimum Gasteiger partial charge on any atom is -0.453 e. The van der Waals surface area contributed by atoms with Gasteiger partial charge < -0.3 is 10.1 Å². The lowest BCUT2D eigenvalue weighted by atomic mass is 9.95. The average molecular weight is 433 g/mol. The van der Waals surface area contributed by atoms with Crippen LogP contribution < -0.4 is 10.0 Å². The number of fused-ring (bicyclic) bond motifs is 1. The number of sulfonamides is 1. The standard InChI is InChI=1S/C22H28N2O5S/c1-16(22(26)24-19-9-3-2-4-10-19)29-21(25)13-14-23-30(27,28)20-12-11-17-7-5-6-8-18(17)15-20/h5-8,11-12,15-16,19,23H,2-4,9-10,13-14H2,1H3,(H,24,26). The van der Waals surface area contributed by atoms with Crippen LogP contribution in [0.4, 0.5) is 0 Å². The first-order chi connectivity index (χ1) is 14.3. The van der Waals surface area contributed by atoms with Crippen LogP contribution in [0.15, 0.2) is 47.4 Å². The van der Waals surface area contributed by atoms with Crippen LogP contribution in [0, 0.1) is 0 Å². The summed E-state index contributed by atoms with van der Waals surface area (Å²) in [7, 11) is -3.75. The molecule has 1 atom stereocenters. The summed E-state index contributed by atoms with van der Waals surface area (Å²) in [6.45, 7) is 1.42. The van der Waals surface area contributed by atoms with Gasteiger partial charge in [-0.25, -0.2) is 13.1 Å². The van der Waals surface area contributed by atoms with Crippen LogP contribution in [-0.2, 0) is 24.3 Å². The molecule has 2 N–H and O–H groups in total. The number of amides is 1. The number of hydrogen-bond acceptors (Lipinski definition) is 5. The molecule has 0 radical (unpaired) electrons. The first kappa shape index (κ1) is 22.2. The maximum absolute atomic E-state index is 12.5. The molecule has 7 nitrogen and oxygen atoms in total. The summed E-state index contributed by atoms with van der Waals surface area (Å²) in [5, 5.41) is 4.67. The molecule has 0 heterocycles. The highest BCUT2D eigenvalue weighted by Crippen LogP contribution is 2.19. The maximum atomic E-state index is 12.5. The Kier molecular flexibility index (Phi) is 7.44.